The molecule has 0 saturated heterocycles. The lowest BCUT2D eigenvalue weighted by atomic mass is 10.1. The molecule has 3 aromatic rings. The van der Waals surface area contributed by atoms with E-state index in [0.29, 0.717) is 16.6 Å². The molecule has 3 aromatic heterocycles. The SMILES string of the molecule is O=c1[nH]cnc2cc(-c3csc(C(F)F)c3)cnc12. The number of nitrogens with one attached hydrogen (secondary N) is 1. The summed E-state index contributed by atoms with van der Waals surface area (Å²) < 4.78 is 25.1. The summed E-state index contributed by atoms with van der Waals surface area (Å²) in [6.45, 7) is 0. The second-order valence-electron chi connectivity index (χ2n) is 3.86. The average Bonchev–Trinajstić information content (AvgIpc) is 2.88. The topological polar surface area (TPSA) is 58.6 Å². The average molecular weight is 279 g/mol. The number of H-pyrrole nitrogens is 1. The van der Waals surface area contributed by atoms with Crippen molar-refractivity contribution >= 4 is 22.4 Å². The first-order valence-corrected chi connectivity index (χ1v) is 6.23. The molecule has 0 bridgehead atoms. The van der Waals surface area contributed by atoms with E-state index in [1.807, 2.05) is 0 Å². The number of pyridine rings is 1. The van der Waals surface area contributed by atoms with Gasteiger partial charge in [-0.3, -0.25) is 4.79 Å². The lowest BCUT2D eigenvalue weighted by molar-refractivity contribution is 0.155. The standard InChI is InChI=1S/C12H7F2N3OS/c13-11(14)9-2-7(4-19-9)6-1-8-10(15-3-6)12(18)17-5-16-8/h1-5,11H,(H,16,17,18). The summed E-state index contributed by atoms with van der Waals surface area (Å²) in [4.78, 5) is 21.9. The molecule has 7 heteroatoms. The van der Waals surface area contributed by atoms with E-state index < -0.39 is 6.43 Å². The van der Waals surface area contributed by atoms with Crippen LogP contribution < -0.4 is 5.56 Å². The van der Waals surface area contributed by atoms with Gasteiger partial charge >= 0.3 is 0 Å². The largest absolute Gasteiger partial charge is 0.311 e. The number of fused-ring (bicyclic) bond motifs is 1. The first-order chi connectivity index (χ1) is 9.15. The molecule has 0 radical (unpaired) electrons. The van der Waals surface area contributed by atoms with E-state index in [-0.39, 0.29) is 16.0 Å². The Morgan fingerprint density at radius 3 is 2.79 bits per heavy atom. The maximum Gasteiger partial charge on any atom is 0.277 e. The van der Waals surface area contributed by atoms with Crippen molar-refractivity contribution in [1.29, 1.82) is 0 Å². The van der Waals surface area contributed by atoms with Crippen LogP contribution in [-0.4, -0.2) is 15.0 Å². The van der Waals surface area contributed by atoms with Gasteiger partial charge in [0.1, 0.15) is 0 Å². The van der Waals surface area contributed by atoms with Gasteiger partial charge in [-0.1, -0.05) is 0 Å². The zero-order chi connectivity index (χ0) is 13.4. The lowest BCUT2D eigenvalue weighted by Gasteiger charge is -1.99. The Kier molecular flexibility index (Phi) is 2.83. The third-order valence-corrected chi connectivity index (χ3v) is 3.59. The monoisotopic (exact) mass is 279 g/mol. The third-order valence-electron chi connectivity index (χ3n) is 2.65. The summed E-state index contributed by atoms with van der Waals surface area (Å²) in [5, 5.41) is 1.64. The molecule has 1 N–H and O–H groups in total. The molecule has 19 heavy (non-hydrogen) atoms. The fourth-order valence-electron chi connectivity index (χ4n) is 1.73. The van der Waals surface area contributed by atoms with Gasteiger partial charge in [0, 0.05) is 11.8 Å². The minimum atomic E-state index is -2.48. The van der Waals surface area contributed by atoms with Gasteiger partial charge in [0.25, 0.3) is 12.0 Å². The molecule has 0 amide bonds. The van der Waals surface area contributed by atoms with Gasteiger partial charge in [-0.15, -0.1) is 11.3 Å². The van der Waals surface area contributed by atoms with Gasteiger partial charge in [-0.05, 0) is 23.1 Å². The molecule has 0 fully saturated rings. The van der Waals surface area contributed by atoms with Crippen LogP contribution >= 0.6 is 11.3 Å². The number of alkyl halides is 2. The molecular formula is C12H7F2N3OS. The zero-order valence-electron chi connectivity index (χ0n) is 9.43. The number of aromatic nitrogens is 3. The van der Waals surface area contributed by atoms with Crippen LogP contribution in [0.25, 0.3) is 22.2 Å². The number of hydrogen-bond acceptors (Lipinski definition) is 4. The van der Waals surface area contributed by atoms with Crippen molar-refractivity contribution in [3.8, 4) is 11.1 Å². The number of halogens is 2. The van der Waals surface area contributed by atoms with Crippen LogP contribution in [0.3, 0.4) is 0 Å². The van der Waals surface area contributed by atoms with Gasteiger partial charge in [0.2, 0.25) is 0 Å². The van der Waals surface area contributed by atoms with E-state index in [0.717, 1.165) is 11.3 Å². The quantitative estimate of drug-likeness (QED) is 0.784. The predicted octanol–water partition coefficient (Wildman–Crippen LogP) is 2.98. The first-order valence-electron chi connectivity index (χ1n) is 5.35. The maximum atomic E-state index is 12.5. The summed E-state index contributed by atoms with van der Waals surface area (Å²) in [6, 6.07) is 3.08. The predicted molar refractivity (Wildman–Crippen MR) is 68.4 cm³/mol. The van der Waals surface area contributed by atoms with Gasteiger partial charge in [-0.25, -0.2) is 18.7 Å². The molecule has 0 aliphatic heterocycles. The second kappa shape index (κ2) is 4.51. The Morgan fingerprint density at radius 1 is 1.21 bits per heavy atom. The van der Waals surface area contributed by atoms with Crippen molar-refractivity contribution in [3.05, 3.63) is 45.3 Å². The van der Waals surface area contributed by atoms with Crippen molar-refractivity contribution in [2.75, 3.05) is 0 Å². The smallest absolute Gasteiger partial charge is 0.277 e. The molecule has 3 heterocycles. The number of thiophene rings is 1. The minimum Gasteiger partial charge on any atom is -0.311 e. The van der Waals surface area contributed by atoms with Gasteiger partial charge < -0.3 is 4.98 Å². The van der Waals surface area contributed by atoms with Crippen LogP contribution in [-0.2, 0) is 0 Å². The van der Waals surface area contributed by atoms with Crippen LogP contribution in [0.2, 0.25) is 0 Å². The van der Waals surface area contributed by atoms with Gasteiger partial charge in [0.15, 0.2) is 5.52 Å². The molecule has 3 rings (SSSR count). The number of aromatic amines is 1. The van der Waals surface area contributed by atoms with E-state index >= 15 is 0 Å². The van der Waals surface area contributed by atoms with Crippen molar-refractivity contribution in [2.24, 2.45) is 0 Å². The maximum absolute atomic E-state index is 12.5. The van der Waals surface area contributed by atoms with E-state index in [1.54, 1.807) is 11.4 Å². The Balaban J connectivity index is 2.12. The Bertz CT molecular complexity index is 797. The first kappa shape index (κ1) is 11.9. The Labute approximate surface area is 109 Å². The van der Waals surface area contributed by atoms with Crippen molar-refractivity contribution in [1.82, 2.24) is 15.0 Å². The van der Waals surface area contributed by atoms with Crippen LogP contribution in [0.5, 0.6) is 0 Å². The third kappa shape index (κ3) is 2.12. The molecular weight excluding hydrogens is 272 g/mol. The highest BCUT2D eigenvalue weighted by Crippen LogP contribution is 2.31. The van der Waals surface area contributed by atoms with E-state index in [4.69, 9.17) is 0 Å². The van der Waals surface area contributed by atoms with Gasteiger partial charge in [-0.2, -0.15) is 0 Å². The normalized spacial score (nSPS) is 11.3. The molecule has 4 nitrogen and oxygen atoms in total. The Hall–Kier alpha value is -2.15. The number of nitrogens with zero attached hydrogens (tertiary/aromatic N) is 2. The highest BCUT2D eigenvalue weighted by Gasteiger charge is 2.12. The van der Waals surface area contributed by atoms with E-state index in [2.05, 4.69) is 15.0 Å². The highest BCUT2D eigenvalue weighted by atomic mass is 32.1. The summed E-state index contributed by atoms with van der Waals surface area (Å²) in [6.07, 6.45) is 0.290. The fourth-order valence-corrected chi connectivity index (χ4v) is 2.50. The summed E-state index contributed by atoms with van der Waals surface area (Å²) in [5.74, 6) is 0. The van der Waals surface area contributed by atoms with Crippen molar-refractivity contribution in [3.63, 3.8) is 0 Å². The van der Waals surface area contributed by atoms with Crippen molar-refractivity contribution < 1.29 is 8.78 Å². The lowest BCUT2D eigenvalue weighted by Crippen LogP contribution is -2.07. The second-order valence-corrected chi connectivity index (χ2v) is 4.80. The summed E-state index contributed by atoms with van der Waals surface area (Å²) >= 11 is 0.995. The molecule has 96 valence electrons. The van der Waals surface area contributed by atoms with E-state index in [9.17, 15) is 13.6 Å². The van der Waals surface area contributed by atoms with Crippen LogP contribution in [0.4, 0.5) is 8.78 Å². The van der Waals surface area contributed by atoms with Gasteiger partial charge in [0.05, 0.1) is 16.7 Å². The highest BCUT2D eigenvalue weighted by molar-refractivity contribution is 7.10. The molecule has 0 unspecified atom stereocenters. The molecule has 0 saturated carbocycles. The molecule has 0 aliphatic rings. The molecule has 0 aliphatic carbocycles. The number of hydrogen-bond donors (Lipinski definition) is 1. The summed E-state index contributed by atoms with van der Waals surface area (Å²) in [5.41, 5.74) is 1.65. The Morgan fingerprint density at radius 2 is 2.05 bits per heavy atom. The molecule has 0 atom stereocenters. The zero-order valence-corrected chi connectivity index (χ0v) is 10.2. The van der Waals surface area contributed by atoms with Crippen LogP contribution in [0, 0.1) is 0 Å². The molecule has 0 spiro atoms. The molecule has 0 aromatic carbocycles. The number of rotatable bonds is 2. The van der Waals surface area contributed by atoms with Crippen LogP contribution in [0.15, 0.2) is 34.8 Å². The van der Waals surface area contributed by atoms with Crippen LogP contribution in [0.1, 0.15) is 11.3 Å². The minimum absolute atomic E-state index is 0.00830. The van der Waals surface area contributed by atoms with E-state index in [1.165, 1.54) is 18.6 Å². The fraction of sp³-hybridized carbons (Fsp3) is 0.0833. The van der Waals surface area contributed by atoms with Crippen molar-refractivity contribution in [2.45, 2.75) is 6.43 Å². The summed E-state index contributed by atoms with van der Waals surface area (Å²) in [7, 11) is 0.